The fraction of sp³-hybridized carbons (Fsp3) is 0.345. The molecule has 0 aliphatic heterocycles. The normalized spacial score (nSPS) is 21.1. The average molecular weight is 504 g/mol. The molecule has 6 N–H and O–H groups in total. The Kier molecular flexibility index (Phi) is 9.25. The van der Waals surface area contributed by atoms with Gasteiger partial charge >= 0.3 is 5.97 Å². The van der Waals surface area contributed by atoms with Gasteiger partial charge in [-0.25, -0.2) is 9.79 Å². The van der Waals surface area contributed by atoms with Gasteiger partial charge in [-0.1, -0.05) is 63.8 Å². The van der Waals surface area contributed by atoms with E-state index in [1.807, 2.05) is 19.1 Å². The van der Waals surface area contributed by atoms with Crippen molar-refractivity contribution in [3.05, 3.63) is 78.2 Å². The van der Waals surface area contributed by atoms with Crippen LogP contribution in [0.4, 0.5) is 0 Å². The molecular weight excluding hydrogens is 466 g/mol. The number of nitrogens with two attached hydrogens (primary N) is 1. The lowest BCUT2D eigenvalue weighted by atomic mass is 9.75. The summed E-state index contributed by atoms with van der Waals surface area (Å²) in [5.41, 5.74) is 12.0. The summed E-state index contributed by atoms with van der Waals surface area (Å²) in [6, 6.07) is 0.941. The zero-order valence-corrected chi connectivity index (χ0v) is 21.7. The van der Waals surface area contributed by atoms with Crippen molar-refractivity contribution in [2.24, 2.45) is 16.6 Å². The Morgan fingerprint density at radius 1 is 1.43 bits per heavy atom. The van der Waals surface area contributed by atoms with Crippen LogP contribution in [-0.4, -0.2) is 50.8 Å². The smallest absolute Gasteiger partial charge is 0.330 e. The summed E-state index contributed by atoms with van der Waals surface area (Å²) in [7, 11) is 0. The highest BCUT2D eigenvalue weighted by atomic mass is 16.4. The van der Waals surface area contributed by atoms with Gasteiger partial charge in [0, 0.05) is 23.4 Å². The summed E-state index contributed by atoms with van der Waals surface area (Å²) in [6.07, 6.45) is 12.9. The van der Waals surface area contributed by atoms with Crippen molar-refractivity contribution in [3.63, 3.8) is 0 Å². The molecular formula is C29H37N5O3. The summed E-state index contributed by atoms with van der Waals surface area (Å²) in [5.74, 6) is -0.556. The molecule has 0 saturated carbocycles. The lowest BCUT2D eigenvalue weighted by Gasteiger charge is -2.32. The van der Waals surface area contributed by atoms with Gasteiger partial charge in [0.15, 0.2) is 5.96 Å². The van der Waals surface area contributed by atoms with E-state index in [1.54, 1.807) is 30.5 Å². The zero-order chi connectivity index (χ0) is 27.1. The van der Waals surface area contributed by atoms with E-state index >= 15 is 0 Å². The monoisotopic (exact) mass is 503 g/mol. The van der Waals surface area contributed by atoms with E-state index < -0.39 is 18.1 Å². The van der Waals surface area contributed by atoms with E-state index in [4.69, 9.17) is 5.73 Å². The van der Waals surface area contributed by atoms with E-state index in [0.717, 1.165) is 39.8 Å². The van der Waals surface area contributed by atoms with E-state index in [2.05, 4.69) is 47.3 Å². The van der Waals surface area contributed by atoms with E-state index in [0.29, 0.717) is 17.9 Å². The van der Waals surface area contributed by atoms with Crippen LogP contribution in [0.2, 0.25) is 0 Å². The van der Waals surface area contributed by atoms with Crippen LogP contribution in [0.15, 0.2) is 66.4 Å². The predicted octanol–water partition coefficient (Wildman–Crippen LogP) is 4.53. The minimum absolute atomic E-state index is 0.0138. The molecule has 4 unspecified atom stereocenters. The molecule has 0 amide bonds. The number of aliphatic carboxylic acids is 1. The van der Waals surface area contributed by atoms with Crippen molar-refractivity contribution in [1.82, 2.24) is 15.3 Å². The van der Waals surface area contributed by atoms with Gasteiger partial charge in [-0.2, -0.15) is 0 Å². The Hall–Kier alpha value is -3.91. The maximum absolute atomic E-state index is 11.7. The molecule has 0 bridgehead atoms. The first-order chi connectivity index (χ1) is 17.7. The number of hydrogen-bond donors (Lipinski definition) is 5. The third kappa shape index (κ3) is 6.27. The molecule has 0 saturated heterocycles. The minimum atomic E-state index is -1.09. The molecule has 4 atom stereocenters. The Labute approximate surface area is 218 Å². The lowest BCUT2D eigenvalue weighted by molar-refractivity contribution is -0.137. The van der Waals surface area contributed by atoms with Crippen molar-refractivity contribution < 1.29 is 15.0 Å². The molecule has 8 nitrogen and oxygen atoms in total. The SMILES string of the molecule is C=CC(=C/C(NC(N)=NC/C=C1/c2c([nH]c3cc(C=C)cnc23)C(C(C)CC)CC1O)C(=O)O)/C=C/C. The molecule has 2 heterocycles. The quantitative estimate of drug-likeness (QED) is 0.184. The number of H-pyrrole nitrogens is 1. The number of aromatic nitrogens is 2. The number of aliphatic imine (C=N–C) groups is 1. The number of aromatic amines is 1. The Morgan fingerprint density at radius 2 is 2.19 bits per heavy atom. The second-order valence-corrected chi connectivity index (χ2v) is 9.24. The molecule has 196 valence electrons. The van der Waals surface area contributed by atoms with Crippen LogP contribution in [0.25, 0.3) is 22.7 Å². The third-order valence-corrected chi connectivity index (χ3v) is 6.84. The van der Waals surface area contributed by atoms with Crippen LogP contribution >= 0.6 is 0 Å². The first-order valence-electron chi connectivity index (χ1n) is 12.5. The van der Waals surface area contributed by atoms with Crippen molar-refractivity contribution in [2.45, 2.75) is 51.7 Å². The van der Waals surface area contributed by atoms with E-state index in [1.165, 1.54) is 6.08 Å². The molecule has 8 heteroatoms. The summed E-state index contributed by atoms with van der Waals surface area (Å²) >= 11 is 0. The fourth-order valence-corrected chi connectivity index (χ4v) is 4.68. The molecule has 2 aromatic heterocycles. The molecule has 3 rings (SSSR count). The van der Waals surface area contributed by atoms with Crippen molar-refractivity contribution in [3.8, 4) is 0 Å². The molecule has 0 aromatic carbocycles. The van der Waals surface area contributed by atoms with Crippen molar-refractivity contribution in [2.75, 3.05) is 6.54 Å². The number of allylic oxidation sites excluding steroid dienone is 4. The first kappa shape index (κ1) is 27.7. The Bertz CT molecular complexity index is 1280. The van der Waals surface area contributed by atoms with Gasteiger partial charge in [0.25, 0.3) is 0 Å². The number of carbonyl (C=O) groups is 1. The largest absolute Gasteiger partial charge is 0.479 e. The Balaban J connectivity index is 1.94. The summed E-state index contributed by atoms with van der Waals surface area (Å²) < 4.78 is 0. The third-order valence-electron chi connectivity index (χ3n) is 6.84. The highest BCUT2D eigenvalue weighted by Crippen LogP contribution is 2.45. The number of carboxylic acid groups (broad SMARTS) is 1. The Morgan fingerprint density at radius 3 is 2.81 bits per heavy atom. The van der Waals surface area contributed by atoms with Gasteiger partial charge in [-0.05, 0) is 48.1 Å². The van der Waals surface area contributed by atoms with Gasteiger partial charge in [0.05, 0.1) is 23.7 Å². The molecule has 0 radical (unpaired) electrons. The number of aliphatic hydroxyl groups is 1. The van der Waals surface area contributed by atoms with Crippen LogP contribution < -0.4 is 11.1 Å². The average Bonchev–Trinajstić information content (AvgIpc) is 3.26. The zero-order valence-electron chi connectivity index (χ0n) is 21.7. The molecule has 0 spiro atoms. The van der Waals surface area contributed by atoms with Gasteiger partial charge in [-0.15, -0.1) is 0 Å². The maximum Gasteiger partial charge on any atom is 0.330 e. The van der Waals surface area contributed by atoms with Crippen molar-refractivity contribution in [1.29, 1.82) is 0 Å². The van der Waals surface area contributed by atoms with Crippen LogP contribution in [0, 0.1) is 5.92 Å². The van der Waals surface area contributed by atoms with Crippen molar-refractivity contribution >= 4 is 34.6 Å². The number of aliphatic hydroxyl groups excluding tert-OH is 1. The predicted molar refractivity (Wildman–Crippen MR) is 151 cm³/mol. The fourth-order valence-electron chi connectivity index (χ4n) is 4.68. The number of pyridine rings is 1. The molecule has 1 aliphatic rings. The first-order valence-corrected chi connectivity index (χ1v) is 12.5. The summed E-state index contributed by atoms with van der Waals surface area (Å²) in [4.78, 5) is 24.2. The number of fused-ring (bicyclic) bond motifs is 3. The molecule has 2 aromatic rings. The highest BCUT2D eigenvalue weighted by Gasteiger charge is 2.35. The van der Waals surface area contributed by atoms with Crippen LogP contribution in [0.5, 0.6) is 0 Å². The van der Waals surface area contributed by atoms with Gasteiger partial charge in [0.1, 0.15) is 6.04 Å². The maximum atomic E-state index is 11.7. The lowest BCUT2D eigenvalue weighted by Crippen LogP contribution is -2.43. The van der Waals surface area contributed by atoms with Crippen LogP contribution in [-0.2, 0) is 4.79 Å². The minimum Gasteiger partial charge on any atom is -0.479 e. The van der Waals surface area contributed by atoms with Gasteiger partial charge in [-0.3, -0.25) is 4.98 Å². The highest BCUT2D eigenvalue weighted by molar-refractivity contribution is 5.94. The van der Waals surface area contributed by atoms with Crippen LogP contribution in [0.3, 0.4) is 0 Å². The number of rotatable bonds is 10. The summed E-state index contributed by atoms with van der Waals surface area (Å²) in [5, 5.41) is 23.4. The van der Waals surface area contributed by atoms with E-state index in [-0.39, 0.29) is 18.4 Å². The molecule has 0 fully saturated rings. The second kappa shape index (κ2) is 12.4. The molecule has 1 aliphatic carbocycles. The van der Waals surface area contributed by atoms with Gasteiger partial charge in [0.2, 0.25) is 0 Å². The number of nitrogens with one attached hydrogen (secondary N) is 2. The number of carboxylic acids is 1. The summed E-state index contributed by atoms with van der Waals surface area (Å²) in [6.45, 7) is 13.9. The van der Waals surface area contributed by atoms with Crippen LogP contribution in [0.1, 0.15) is 56.4 Å². The number of hydrogen-bond acceptors (Lipinski definition) is 4. The second-order valence-electron chi connectivity index (χ2n) is 9.24. The topological polar surface area (TPSA) is 137 Å². The standard InChI is InChI=1S/C29H37N5O3/c1-6-10-18(8-3)13-23(28(36)37)34-29(30)31-12-11-20-24(35)15-21(17(5)7-2)26-25(20)27-22(33-26)14-19(9-4)16-32-27/h6,8-11,13-14,16-17,21,23-24,33,35H,3-4,7,12,15H2,1-2,5H3,(H,36,37)(H3,30,31,34)/b10-6+,18-13-,20-11+. The number of guanidine groups is 1. The van der Waals surface area contributed by atoms with E-state index in [9.17, 15) is 15.0 Å². The number of nitrogens with zero attached hydrogens (tertiary/aromatic N) is 2. The van der Waals surface area contributed by atoms with Gasteiger partial charge < -0.3 is 26.2 Å². The molecule has 37 heavy (non-hydrogen) atoms.